The average Bonchev–Trinajstić information content (AvgIpc) is 1.95. The van der Waals surface area contributed by atoms with Gasteiger partial charge in [-0.1, -0.05) is 0 Å². The summed E-state index contributed by atoms with van der Waals surface area (Å²) in [5.74, 6) is -0.178. The molecule has 1 heterocycles. The van der Waals surface area contributed by atoms with E-state index in [1.807, 2.05) is 0 Å². The molecule has 0 spiro atoms. The largest absolute Gasteiger partial charge is 0.367 e. The first-order chi connectivity index (χ1) is 4.45. The summed E-state index contributed by atoms with van der Waals surface area (Å²) in [7, 11) is 0. The van der Waals surface area contributed by atoms with Gasteiger partial charge in [-0.25, -0.2) is 0 Å². The van der Waals surface area contributed by atoms with E-state index >= 15 is 0 Å². The summed E-state index contributed by atoms with van der Waals surface area (Å²) in [6, 6.07) is 0. The normalized spacial score (nSPS) is 33.0. The Hall–Kier alpha value is -0.830. The van der Waals surface area contributed by atoms with Crippen molar-refractivity contribution in [1.29, 1.82) is 0 Å². The zero-order valence-electron chi connectivity index (χ0n) is 6.36. The van der Waals surface area contributed by atoms with Crippen molar-refractivity contribution in [3.05, 3.63) is 11.1 Å². The van der Waals surface area contributed by atoms with Gasteiger partial charge in [0.15, 0.2) is 5.72 Å². The third-order valence-electron chi connectivity index (χ3n) is 1.99. The van der Waals surface area contributed by atoms with Crippen molar-refractivity contribution < 1.29 is 9.90 Å². The van der Waals surface area contributed by atoms with Crippen LogP contribution < -0.4 is 5.32 Å². The van der Waals surface area contributed by atoms with Gasteiger partial charge in [-0.3, -0.25) is 4.79 Å². The Morgan fingerprint density at radius 2 is 2.00 bits per heavy atom. The van der Waals surface area contributed by atoms with Crippen molar-refractivity contribution in [1.82, 2.24) is 5.32 Å². The van der Waals surface area contributed by atoms with Gasteiger partial charge in [0.05, 0.1) is 0 Å². The quantitative estimate of drug-likeness (QED) is 0.505. The van der Waals surface area contributed by atoms with E-state index in [1.165, 1.54) is 0 Å². The topological polar surface area (TPSA) is 49.3 Å². The van der Waals surface area contributed by atoms with Gasteiger partial charge in [0.25, 0.3) is 0 Å². The lowest BCUT2D eigenvalue weighted by molar-refractivity contribution is -0.120. The van der Waals surface area contributed by atoms with Gasteiger partial charge >= 0.3 is 0 Å². The molecule has 0 radical (unpaired) electrons. The molecule has 0 aromatic carbocycles. The number of hydrogen-bond acceptors (Lipinski definition) is 2. The van der Waals surface area contributed by atoms with Crippen LogP contribution in [0.15, 0.2) is 11.1 Å². The zero-order chi connectivity index (χ0) is 7.94. The Balaban J connectivity index is 3.06. The molecule has 0 saturated carbocycles. The lowest BCUT2D eigenvalue weighted by Gasteiger charge is -2.17. The first-order valence-electron chi connectivity index (χ1n) is 3.18. The van der Waals surface area contributed by atoms with Crippen molar-refractivity contribution >= 4 is 5.91 Å². The molecule has 2 N–H and O–H groups in total. The fourth-order valence-corrected chi connectivity index (χ4v) is 0.944. The lowest BCUT2D eigenvalue weighted by atomic mass is 10.1. The molecule has 3 heteroatoms. The van der Waals surface area contributed by atoms with Crippen LogP contribution in [0.4, 0.5) is 0 Å². The smallest absolute Gasteiger partial charge is 0.249 e. The maximum Gasteiger partial charge on any atom is 0.249 e. The highest BCUT2D eigenvalue weighted by Crippen LogP contribution is 2.23. The molecule has 0 fully saturated rings. The van der Waals surface area contributed by atoms with Gasteiger partial charge in [0, 0.05) is 5.57 Å². The number of rotatable bonds is 0. The summed E-state index contributed by atoms with van der Waals surface area (Å²) >= 11 is 0. The van der Waals surface area contributed by atoms with Gasteiger partial charge in [0.1, 0.15) is 0 Å². The molecule has 1 aliphatic heterocycles. The van der Waals surface area contributed by atoms with Crippen LogP contribution in [0, 0.1) is 0 Å². The molecule has 1 rings (SSSR count). The van der Waals surface area contributed by atoms with Crippen LogP contribution in [0.1, 0.15) is 20.8 Å². The lowest BCUT2D eigenvalue weighted by Crippen LogP contribution is -2.40. The Morgan fingerprint density at radius 1 is 1.50 bits per heavy atom. The van der Waals surface area contributed by atoms with E-state index < -0.39 is 5.72 Å². The van der Waals surface area contributed by atoms with E-state index in [2.05, 4.69) is 5.32 Å². The Labute approximate surface area is 59.7 Å². The van der Waals surface area contributed by atoms with E-state index in [-0.39, 0.29) is 5.91 Å². The average molecular weight is 141 g/mol. The van der Waals surface area contributed by atoms with Crippen molar-refractivity contribution in [3.8, 4) is 0 Å². The minimum absolute atomic E-state index is 0.178. The van der Waals surface area contributed by atoms with Crippen LogP contribution in [0.3, 0.4) is 0 Å². The molecule has 1 atom stereocenters. The van der Waals surface area contributed by atoms with Gasteiger partial charge < -0.3 is 10.4 Å². The molecule has 0 aliphatic carbocycles. The molecule has 1 aliphatic rings. The van der Waals surface area contributed by atoms with Crippen molar-refractivity contribution in [2.75, 3.05) is 0 Å². The minimum atomic E-state index is -1.12. The molecule has 0 aromatic heterocycles. The van der Waals surface area contributed by atoms with Gasteiger partial charge in [0.2, 0.25) is 5.91 Å². The van der Waals surface area contributed by atoms with E-state index in [1.54, 1.807) is 20.8 Å². The molecule has 0 saturated heterocycles. The SMILES string of the molecule is CC1=C(C)C(C)(O)NC1=O. The number of amides is 1. The molecule has 3 nitrogen and oxygen atoms in total. The highest BCUT2D eigenvalue weighted by atomic mass is 16.3. The first kappa shape index (κ1) is 7.28. The van der Waals surface area contributed by atoms with Crippen molar-refractivity contribution in [2.24, 2.45) is 0 Å². The molecular formula is C7H11NO2. The molecular weight excluding hydrogens is 130 g/mol. The molecule has 1 unspecified atom stereocenters. The summed E-state index contributed by atoms with van der Waals surface area (Å²) in [5.41, 5.74) is 0.198. The van der Waals surface area contributed by atoms with Crippen LogP contribution in [-0.2, 0) is 4.79 Å². The number of carbonyl (C=O) groups is 1. The molecule has 0 bridgehead atoms. The van der Waals surface area contributed by atoms with E-state index in [0.29, 0.717) is 11.1 Å². The Morgan fingerprint density at radius 3 is 2.10 bits per heavy atom. The molecule has 1 amide bonds. The summed E-state index contributed by atoms with van der Waals surface area (Å²) < 4.78 is 0. The number of nitrogens with one attached hydrogen (secondary N) is 1. The first-order valence-corrected chi connectivity index (χ1v) is 3.18. The highest BCUT2D eigenvalue weighted by molar-refractivity contribution is 5.97. The van der Waals surface area contributed by atoms with Gasteiger partial charge in [-0.15, -0.1) is 0 Å². The van der Waals surface area contributed by atoms with Crippen LogP contribution >= 0.6 is 0 Å². The number of aliphatic hydroxyl groups is 1. The monoisotopic (exact) mass is 141 g/mol. The standard InChI is InChI=1S/C7H11NO2/c1-4-5(2)7(3,10)8-6(4)9/h10H,1-3H3,(H,8,9). The third kappa shape index (κ3) is 0.827. The summed E-state index contributed by atoms with van der Waals surface area (Å²) in [6.45, 7) is 5.01. The fraction of sp³-hybridized carbons (Fsp3) is 0.571. The number of hydrogen-bond donors (Lipinski definition) is 2. The zero-order valence-corrected chi connectivity index (χ0v) is 6.36. The molecule has 10 heavy (non-hydrogen) atoms. The Kier molecular flexibility index (Phi) is 1.33. The third-order valence-corrected chi connectivity index (χ3v) is 1.99. The predicted molar refractivity (Wildman–Crippen MR) is 37.1 cm³/mol. The van der Waals surface area contributed by atoms with Gasteiger partial charge in [-0.2, -0.15) is 0 Å². The predicted octanol–water partition coefficient (Wildman–Crippen LogP) is 0.161. The van der Waals surface area contributed by atoms with Crippen LogP contribution in [0.2, 0.25) is 0 Å². The van der Waals surface area contributed by atoms with E-state index in [4.69, 9.17) is 0 Å². The van der Waals surface area contributed by atoms with Gasteiger partial charge in [-0.05, 0) is 26.3 Å². The van der Waals surface area contributed by atoms with Crippen LogP contribution in [0.25, 0.3) is 0 Å². The second-order valence-corrected chi connectivity index (χ2v) is 2.78. The minimum Gasteiger partial charge on any atom is -0.367 e. The number of carbonyl (C=O) groups excluding carboxylic acids is 1. The molecule has 0 aromatic rings. The van der Waals surface area contributed by atoms with E-state index in [9.17, 15) is 9.90 Å². The summed E-state index contributed by atoms with van der Waals surface area (Å²) in [5, 5.41) is 11.8. The van der Waals surface area contributed by atoms with Crippen LogP contribution in [0.5, 0.6) is 0 Å². The summed E-state index contributed by atoms with van der Waals surface area (Å²) in [4.78, 5) is 10.9. The second kappa shape index (κ2) is 1.83. The van der Waals surface area contributed by atoms with Crippen molar-refractivity contribution in [2.45, 2.75) is 26.5 Å². The maximum absolute atomic E-state index is 10.9. The summed E-state index contributed by atoms with van der Waals surface area (Å²) in [6.07, 6.45) is 0. The van der Waals surface area contributed by atoms with Crippen molar-refractivity contribution in [3.63, 3.8) is 0 Å². The van der Waals surface area contributed by atoms with Crippen LogP contribution in [-0.4, -0.2) is 16.7 Å². The fourth-order valence-electron chi connectivity index (χ4n) is 0.944. The molecule has 56 valence electrons. The van der Waals surface area contributed by atoms with E-state index in [0.717, 1.165) is 0 Å². The highest BCUT2D eigenvalue weighted by Gasteiger charge is 2.34. The Bertz CT molecular complexity index is 216. The second-order valence-electron chi connectivity index (χ2n) is 2.78. The maximum atomic E-state index is 10.9.